The van der Waals surface area contributed by atoms with E-state index in [-0.39, 0.29) is 18.9 Å². The molecule has 14 nitrogen and oxygen atoms in total. The minimum absolute atomic E-state index is 0.00299. The van der Waals surface area contributed by atoms with Gasteiger partial charge in [-0.3, -0.25) is 19.2 Å². The highest BCUT2D eigenvalue weighted by Gasteiger charge is 2.40. The number of benzene rings is 3. The molecule has 0 bridgehead atoms. The summed E-state index contributed by atoms with van der Waals surface area (Å²) in [6, 6.07) is 24.6. The summed E-state index contributed by atoms with van der Waals surface area (Å²) >= 11 is 7.12. The molecular formula is C47H66ClN5O9S. The molecule has 0 aliphatic rings. The van der Waals surface area contributed by atoms with Crippen LogP contribution in [0.15, 0.2) is 91.0 Å². The molecule has 0 aliphatic carbocycles. The average Bonchev–Trinajstić information content (AvgIpc) is 3.21. The van der Waals surface area contributed by atoms with Crippen LogP contribution >= 0.6 is 23.4 Å². The normalized spacial score (nSPS) is 14.5. The number of alkyl carbamates (subject to hydrolysis) is 1. The molecule has 0 unspecified atom stereocenters. The van der Waals surface area contributed by atoms with Crippen LogP contribution in [0.4, 0.5) is 4.79 Å². The molecule has 0 heterocycles. The van der Waals surface area contributed by atoms with Gasteiger partial charge >= 0.3 is 6.09 Å². The maximum atomic E-state index is 14.6. The Labute approximate surface area is 381 Å². The molecule has 63 heavy (non-hydrogen) atoms. The Morgan fingerprint density at radius 2 is 1.10 bits per heavy atom. The number of alkyl halides is 1. The van der Waals surface area contributed by atoms with Gasteiger partial charge in [-0.1, -0.05) is 91.0 Å². The minimum Gasteiger partial charge on any atom is -0.444 e. The van der Waals surface area contributed by atoms with Crippen LogP contribution in [-0.2, 0) is 38.1 Å². The van der Waals surface area contributed by atoms with Gasteiger partial charge in [-0.25, -0.2) is 4.79 Å². The molecule has 3 aromatic carbocycles. The number of carbonyl (C=O) groups is 5. The van der Waals surface area contributed by atoms with E-state index >= 15 is 0 Å². The lowest BCUT2D eigenvalue weighted by Crippen LogP contribution is -2.61. The van der Waals surface area contributed by atoms with Crippen LogP contribution < -0.4 is 26.6 Å². The quantitative estimate of drug-likeness (QED) is 0.0594. The van der Waals surface area contributed by atoms with Crippen LogP contribution in [0.1, 0.15) is 85.9 Å². The lowest BCUT2D eigenvalue weighted by atomic mass is 9.84. The predicted octanol–water partition coefficient (Wildman–Crippen LogP) is 5.43. The Morgan fingerprint density at radius 1 is 0.635 bits per heavy atom. The van der Waals surface area contributed by atoms with Crippen molar-refractivity contribution in [2.24, 2.45) is 0 Å². The summed E-state index contributed by atoms with van der Waals surface area (Å²) in [6.45, 7) is 16.4. The fraction of sp³-hybridized carbons (Fsp3) is 0.511. The zero-order valence-corrected chi connectivity index (χ0v) is 39.7. The Kier molecular flexibility index (Phi) is 19.9. The molecule has 0 saturated heterocycles. The summed E-state index contributed by atoms with van der Waals surface area (Å²) < 4.78 is 16.6. The molecule has 0 radical (unpaired) electrons. The number of amides is 5. The second-order valence-corrected chi connectivity index (χ2v) is 19.5. The summed E-state index contributed by atoms with van der Waals surface area (Å²) in [5.41, 5.74) is 0.497. The molecule has 0 aliphatic heterocycles. The SMILES string of the molecule is C[C@@H](OC(C)(C)C)[C@@H](CO)NC(=O)[C@H](CSC(c1ccccc1)(c1ccccc1)c1ccccc1)NC(=O)[C@H](COC(C)(C)C)NC(=O)[C@H](CNC(=O)CCl)NC(=O)OC(C)(C)C. The van der Waals surface area contributed by atoms with Gasteiger partial charge in [-0.2, -0.15) is 0 Å². The Balaban J connectivity index is 2.12. The summed E-state index contributed by atoms with van der Waals surface area (Å²) in [5, 5.41) is 23.9. The first kappa shape index (κ1) is 52.7. The van der Waals surface area contributed by atoms with Crippen LogP contribution in [0.5, 0.6) is 0 Å². The lowest BCUT2D eigenvalue weighted by Gasteiger charge is -2.37. The first-order valence-corrected chi connectivity index (χ1v) is 22.5. The predicted molar refractivity (Wildman–Crippen MR) is 247 cm³/mol. The number of carbonyl (C=O) groups excluding carboxylic acids is 5. The third-order valence-corrected chi connectivity index (χ3v) is 11.1. The van der Waals surface area contributed by atoms with E-state index in [9.17, 15) is 29.1 Å². The number of halogens is 1. The van der Waals surface area contributed by atoms with Gasteiger partial charge in [0.1, 0.15) is 29.6 Å². The third kappa shape index (κ3) is 17.4. The van der Waals surface area contributed by atoms with Gasteiger partial charge in [0.2, 0.25) is 23.6 Å². The van der Waals surface area contributed by atoms with Gasteiger partial charge in [0.25, 0.3) is 0 Å². The van der Waals surface area contributed by atoms with Gasteiger partial charge in [-0.15, -0.1) is 23.4 Å². The smallest absolute Gasteiger partial charge is 0.408 e. The molecule has 0 fully saturated rings. The van der Waals surface area contributed by atoms with Crippen molar-refractivity contribution in [3.8, 4) is 0 Å². The lowest BCUT2D eigenvalue weighted by molar-refractivity contribution is -0.136. The Bertz CT molecular complexity index is 1830. The molecule has 5 atom stereocenters. The topological polar surface area (TPSA) is 193 Å². The molecule has 0 saturated carbocycles. The molecule has 16 heteroatoms. The van der Waals surface area contributed by atoms with Crippen LogP contribution in [0.3, 0.4) is 0 Å². The van der Waals surface area contributed by atoms with Crippen molar-refractivity contribution in [2.75, 3.05) is 31.4 Å². The zero-order chi connectivity index (χ0) is 47.0. The molecule has 3 rings (SSSR count). The standard InChI is InChI=1S/C47H66ClN5O9S/c1-31(61-45(5,6)7)36(28-54)50-42(58)38(30-63-47(32-20-14-11-15-21-32,33-22-16-12-17-23-33)34-24-18-13-19-25-34)52-41(57)37(29-60-44(2,3)4)51-40(56)35(27-49-39(55)26-48)53-43(59)62-46(8,9)10/h11-25,31,35-38,54H,26-30H2,1-10H3,(H,49,55)(H,50,58)(H,51,56)(H,52,57)(H,53,59)/t31-,35+,36-,37+,38+/m1/s1. The number of thioether (sulfide) groups is 1. The van der Waals surface area contributed by atoms with Gasteiger partial charge in [0.15, 0.2) is 0 Å². The molecule has 5 amide bonds. The number of hydrogen-bond acceptors (Lipinski definition) is 10. The largest absolute Gasteiger partial charge is 0.444 e. The fourth-order valence-corrected chi connectivity index (χ4v) is 8.03. The van der Waals surface area contributed by atoms with E-state index in [0.29, 0.717) is 0 Å². The zero-order valence-electron chi connectivity index (χ0n) is 38.1. The molecule has 6 N–H and O–H groups in total. The monoisotopic (exact) mass is 911 g/mol. The molecular weight excluding hydrogens is 846 g/mol. The van der Waals surface area contributed by atoms with Gasteiger partial charge in [0, 0.05) is 12.3 Å². The van der Waals surface area contributed by atoms with E-state index in [1.165, 1.54) is 11.8 Å². The van der Waals surface area contributed by atoms with Crippen LogP contribution in [0.25, 0.3) is 0 Å². The van der Waals surface area contributed by atoms with Gasteiger partial charge in [-0.05, 0) is 85.9 Å². The maximum absolute atomic E-state index is 14.6. The van der Waals surface area contributed by atoms with Gasteiger partial charge < -0.3 is 45.9 Å². The van der Waals surface area contributed by atoms with Crippen molar-refractivity contribution >= 4 is 53.1 Å². The van der Waals surface area contributed by atoms with Crippen LogP contribution in [0, 0.1) is 0 Å². The highest BCUT2D eigenvalue weighted by Crippen LogP contribution is 2.48. The molecule has 346 valence electrons. The fourth-order valence-electron chi connectivity index (χ4n) is 6.38. The van der Waals surface area contributed by atoms with E-state index in [1.807, 2.05) is 112 Å². The summed E-state index contributed by atoms with van der Waals surface area (Å²) in [4.78, 5) is 68.1. The second kappa shape index (κ2) is 23.9. The van der Waals surface area contributed by atoms with Crippen molar-refractivity contribution in [2.45, 2.75) is 121 Å². The summed E-state index contributed by atoms with van der Waals surface area (Å²) in [5.74, 6) is -3.25. The Hall–Kier alpha value is -4.67. The van der Waals surface area contributed by atoms with Crippen molar-refractivity contribution in [3.05, 3.63) is 108 Å². The van der Waals surface area contributed by atoms with Gasteiger partial charge in [0.05, 0.1) is 41.3 Å². The molecule has 0 aromatic heterocycles. The number of nitrogens with one attached hydrogen (secondary N) is 5. The van der Waals surface area contributed by atoms with E-state index in [0.717, 1.165) is 16.7 Å². The van der Waals surface area contributed by atoms with E-state index in [2.05, 4.69) is 26.6 Å². The van der Waals surface area contributed by atoms with Crippen LogP contribution in [-0.4, -0.2) is 113 Å². The highest BCUT2D eigenvalue weighted by molar-refractivity contribution is 8.00. The summed E-state index contributed by atoms with van der Waals surface area (Å²) in [7, 11) is 0. The minimum atomic E-state index is -1.41. The van der Waals surface area contributed by atoms with E-state index in [1.54, 1.807) is 48.5 Å². The van der Waals surface area contributed by atoms with Crippen molar-refractivity contribution in [3.63, 3.8) is 0 Å². The number of hydrogen-bond donors (Lipinski definition) is 6. The first-order chi connectivity index (χ1) is 29.5. The molecule has 3 aromatic rings. The maximum Gasteiger partial charge on any atom is 0.408 e. The second-order valence-electron chi connectivity index (χ2n) is 18.0. The first-order valence-electron chi connectivity index (χ1n) is 20.9. The third-order valence-electron chi connectivity index (χ3n) is 9.22. The van der Waals surface area contributed by atoms with E-state index < -0.39 is 94.0 Å². The highest BCUT2D eigenvalue weighted by atomic mass is 35.5. The number of aliphatic hydroxyl groups excluding tert-OH is 1. The number of rotatable bonds is 21. The number of ether oxygens (including phenoxy) is 3. The summed E-state index contributed by atoms with van der Waals surface area (Å²) in [6.07, 6.45) is -1.56. The van der Waals surface area contributed by atoms with Crippen molar-refractivity contribution in [1.29, 1.82) is 0 Å². The van der Waals surface area contributed by atoms with Crippen molar-refractivity contribution in [1.82, 2.24) is 26.6 Å². The average molecular weight is 913 g/mol. The molecule has 0 spiro atoms. The number of aliphatic hydroxyl groups is 1. The van der Waals surface area contributed by atoms with Crippen LogP contribution in [0.2, 0.25) is 0 Å². The van der Waals surface area contributed by atoms with Crippen molar-refractivity contribution < 1.29 is 43.3 Å². The van der Waals surface area contributed by atoms with E-state index in [4.69, 9.17) is 25.8 Å². The Morgan fingerprint density at radius 3 is 1.52 bits per heavy atom.